The van der Waals surface area contributed by atoms with Crippen LogP contribution in [-0.4, -0.2) is 21.0 Å². The topological polar surface area (TPSA) is 75.1 Å². The number of benzene rings is 1. The minimum Gasteiger partial charge on any atom is -0.476 e. The van der Waals surface area contributed by atoms with Crippen molar-refractivity contribution in [2.45, 2.75) is 0 Å². The van der Waals surface area contributed by atoms with Crippen LogP contribution in [0.2, 0.25) is 0 Å². The lowest BCUT2D eigenvalue weighted by Crippen LogP contribution is -1.97. The Kier molecular flexibility index (Phi) is 2.85. The van der Waals surface area contributed by atoms with E-state index in [1.54, 1.807) is 6.20 Å². The van der Waals surface area contributed by atoms with Crippen molar-refractivity contribution in [3.8, 4) is 0 Å². The highest BCUT2D eigenvalue weighted by Crippen LogP contribution is 2.26. The number of carbonyl (C=O) groups is 1. The molecule has 2 aromatic heterocycles. The van der Waals surface area contributed by atoms with Crippen LogP contribution in [-0.2, 0) is 0 Å². The van der Waals surface area contributed by atoms with E-state index in [-0.39, 0.29) is 5.69 Å². The first kappa shape index (κ1) is 11.6. The number of anilines is 2. The van der Waals surface area contributed by atoms with Crippen molar-refractivity contribution in [2.24, 2.45) is 0 Å². The maximum absolute atomic E-state index is 10.8. The summed E-state index contributed by atoms with van der Waals surface area (Å²) in [4.78, 5) is 19.1. The zero-order valence-corrected chi connectivity index (χ0v) is 10.5. The molecule has 0 saturated carbocycles. The van der Waals surface area contributed by atoms with Crippen LogP contribution < -0.4 is 5.32 Å². The second-order valence-corrected chi connectivity index (χ2v) is 4.71. The van der Waals surface area contributed by atoms with Gasteiger partial charge in [-0.2, -0.15) is 0 Å². The molecule has 0 aliphatic heterocycles. The highest BCUT2D eigenvalue weighted by atomic mass is 32.1. The summed E-state index contributed by atoms with van der Waals surface area (Å²) < 4.78 is 0. The molecule has 5 nitrogen and oxygen atoms in total. The molecule has 0 saturated heterocycles. The van der Waals surface area contributed by atoms with Crippen LogP contribution in [0, 0.1) is 0 Å². The van der Waals surface area contributed by atoms with Gasteiger partial charge in [0.1, 0.15) is 0 Å². The van der Waals surface area contributed by atoms with Gasteiger partial charge in [0.2, 0.25) is 0 Å². The molecule has 0 aliphatic rings. The fourth-order valence-electron chi connectivity index (χ4n) is 1.75. The summed E-state index contributed by atoms with van der Waals surface area (Å²) in [6, 6.07) is 9.61. The summed E-state index contributed by atoms with van der Waals surface area (Å²) >= 11 is 1.25. The number of aromatic carboxylic acids is 1. The van der Waals surface area contributed by atoms with Gasteiger partial charge < -0.3 is 10.4 Å². The van der Waals surface area contributed by atoms with Crippen molar-refractivity contribution in [3.05, 3.63) is 47.6 Å². The van der Waals surface area contributed by atoms with E-state index in [2.05, 4.69) is 15.3 Å². The Hall–Kier alpha value is -2.47. The monoisotopic (exact) mass is 271 g/mol. The first-order valence-corrected chi connectivity index (χ1v) is 6.41. The van der Waals surface area contributed by atoms with E-state index < -0.39 is 5.97 Å². The molecule has 0 spiro atoms. The van der Waals surface area contributed by atoms with Gasteiger partial charge in [0.15, 0.2) is 10.8 Å². The molecule has 0 unspecified atom stereocenters. The van der Waals surface area contributed by atoms with Crippen LogP contribution in [0.4, 0.5) is 10.8 Å². The zero-order chi connectivity index (χ0) is 13.2. The van der Waals surface area contributed by atoms with E-state index in [0.29, 0.717) is 5.13 Å². The fourth-order valence-corrected chi connectivity index (χ4v) is 2.45. The molecular weight excluding hydrogens is 262 g/mol. The third-order valence-electron chi connectivity index (χ3n) is 2.60. The minimum absolute atomic E-state index is 0.0423. The number of rotatable bonds is 3. The predicted octanol–water partition coefficient (Wildman–Crippen LogP) is 3.13. The van der Waals surface area contributed by atoms with Gasteiger partial charge in [-0.05, 0) is 12.1 Å². The Balaban J connectivity index is 1.98. The normalized spacial score (nSPS) is 10.5. The lowest BCUT2D eigenvalue weighted by Gasteiger charge is -2.05. The van der Waals surface area contributed by atoms with E-state index in [4.69, 9.17) is 5.11 Å². The molecule has 19 heavy (non-hydrogen) atoms. The Morgan fingerprint density at radius 3 is 2.89 bits per heavy atom. The van der Waals surface area contributed by atoms with Crippen molar-refractivity contribution in [3.63, 3.8) is 0 Å². The number of pyridine rings is 1. The molecule has 0 aliphatic carbocycles. The van der Waals surface area contributed by atoms with Crippen LogP contribution >= 0.6 is 11.3 Å². The molecule has 94 valence electrons. The number of hydrogen-bond acceptors (Lipinski definition) is 5. The van der Waals surface area contributed by atoms with Crippen molar-refractivity contribution < 1.29 is 9.90 Å². The SMILES string of the molecule is O=C(O)c1csc(Nc2cccc3cccnc23)n1. The number of hydrogen-bond donors (Lipinski definition) is 2. The predicted molar refractivity (Wildman–Crippen MR) is 74.1 cm³/mol. The van der Waals surface area contributed by atoms with Crippen LogP contribution in [0.15, 0.2) is 41.9 Å². The highest BCUT2D eigenvalue weighted by Gasteiger charge is 2.09. The lowest BCUT2D eigenvalue weighted by atomic mass is 10.2. The van der Waals surface area contributed by atoms with Crippen LogP contribution in [0.5, 0.6) is 0 Å². The molecular formula is C13H9N3O2S. The van der Waals surface area contributed by atoms with Crippen molar-refractivity contribution >= 4 is 39.0 Å². The molecule has 0 amide bonds. The molecule has 1 aromatic carbocycles. The molecule has 3 rings (SSSR count). The van der Waals surface area contributed by atoms with Gasteiger partial charge in [0, 0.05) is 17.0 Å². The lowest BCUT2D eigenvalue weighted by molar-refractivity contribution is 0.0691. The zero-order valence-electron chi connectivity index (χ0n) is 9.70. The molecule has 0 fully saturated rings. The van der Waals surface area contributed by atoms with Crippen LogP contribution in [0.25, 0.3) is 10.9 Å². The fraction of sp³-hybridized carbons (Fsp3) is 0. The van der Waals surface area contributed by atoms with E-state index in [1.807, 2.05) is 30.3 Å². The van der Waals surface area contributed by atoms with E-state index in [9.17, 15) is 4.79 Å². The number of carboxylic acids is 1. The maximum atomic E-state index is 10.8. The quantitative estimate of drug-likeness (QED) is 0.765. The van der Waals surface area contributed by atoms with Crippen LogP contribution in [0.3, 0.4) is 0 Å². The third kappa shape index (κ3) is 2.25. The molecule has 6 heteroatoms. The Morgan fingerprint density at radius 1 is 1.26 bits per heavy atom. The molecule has 0 radical (unpaired) electrons. The van der Waals surface area contributed by atoms with Gasteiger partial charge in [-0.3, -0.25) is 4.98 Å². The summed E-state index contributed by atoms with van der Waals surface area (Å²) in [5.74, 6) is -1.03. The number of carboxylic acid groups (broad SMARTS) is 1. The van der Waals surface area contributed by atoms with Crippen molar-refractivity contribution in [1.29, 1.82) is 0 Å². The second-order valence-electron chi connectivity index (χ2n) is 3.85. The molecule has 2 heterocycles. The van der Waals surface area contributed by atoms with Gasteiger partial charge in [-0.25, -0.2) is 9.78 Å². The van der Waals surface area contributed by atoms with Crippen molar-refractivity contribution in [1.82, 2.24) is 9.97 Å². The van der Waals surface area contributed by atoms with Gasteiger partial charge in [-0.1, -0.05) is 18.2 Å². The van der Waals surface area contributed by atoms with E-state index in [1.165, 1.54) is 16.7 Å². The largest absolute Gasteiger partial charge is 0.476 e. The highest BCUT2D eigenvalue weighted by molar-refractivity contribution is 7.14. The first-order chi connectivity index (χ1) is 9.24. The maximum Gasteiger partial charge on any atom is 0.355 e. The minimum atomic E-state index is -1.03. The summed E-state index contributed by atoms with van der Waals surface area (Å²) in [5.41, 5.74) is 1.68. The average Bonchev–Trinajstić information content (AvgIpc) is 2.88. The molecule has 0 bridgehead atoms. The number of fused-ring (bicyclic) bond motifs is 1. The Labute approximate surface area is 112 Å². The van der Waals surface area contributed by atoms with E-state index >= 15 is 0 Å². The van der Waals surface area contributed by atoms with Gasteiger partial charge in [0.25, 0.3) is 0 Å². The summed E-state index contributed by atoms with van der Waals surface area (Å²) in [5, 5.41) is 15.0. The number of aromatic nitrogens is 2. The van der Waals surface area contributed by atoms with Crippen molar-refractivity contribution in [2.75, 3.05) is 5.32 Å². The number of nitrogens with one attached hydrogen (secondary N) is 1. The summed E-state index contributed by atoms with van der Waals surface area (Å²) in [7, 11) is 0. The Bertz CT molecular complexity index is 749. The van der Waals surface area contributed by atoms with Gasteiger partial charge >= 0.3 is 5.97 Å². The molecule has 0 atom stereocenters. The third-order valence-corrected chi connectivity index (χ3v) is 3.36. The second kappa shape index (κ2) is 4.66. The smallest absolute Gasteiger partial charge is 0.355 e. The van der Waals surface area contributed by atoms with E-state index in [0.717, 1.165) is 16.6 Å². The Morgan fingerprint density at radius 2 is 2.11 bits per heavy atom. The number of para-hydroxylation sites is 1. The summed E-state index contributed by atoms with van der Waals surface area (Å²) in [6.07, 6.45) is 1.72. The number of thiazole rings is 1. The number of nitrogens with zero attached hydrogens (tertiary/aromatic N) is 2. The standard InChI is InChI=1S/C13H9N3O2S/c17-12(18)10-7-19-13(16-10)15-9-5-1-3-8-4-2-6-14-11(8)9/h1-7H,(H,15,16)(H,17,18). The first-order valence-electron chi connectivity index (χ1n) is 5.53. The summed E-state index contributed by atoms with van der Waals surface area (Å²) in [6.45, 7) is 0. The van der Waals surface area contributed by atoms with Gasteiger partial charge in [0.05, 0.1) is 11.2 Å². The molecule has 3 aromatic rings. The average molecular weight is 271 g/mol. The van der Waals surface area contributed by atoms with Crippen LogP contribution in [0.1, 0.15) is 10.5 Å². The molecule has 2 N–H and O–H groups in total. The van der Waals surface area contributed by atoms with Gasteiger partial charge in [-0.15, -0.1) is 11.3 Å².